The lowest BCUT2D eigenvalue weighted by Crippen LogP contribution is -2.43. The van der Waals surface area contributed by atoms with Crippen molar-refractivity contribution in [1.29, 1.82) is 0 Å². The number of nitrogens with one attached hydrogen (secondary N) is 1. The van der Waals surface area contributed by atoms with E-state index in [9.17, 15) is 0 Å². The first-order chi connectivity index (χ1) is 8.34. The predicted octanol–water partition coefficient (Wildman–Crippen LogP) is 1.55. The third-order valence-corrected chi connectivity index (χ3v) is 4.20. The molecular weight excluding hydrogens is 210 g/mol. The topological polar surface area (TPSA) is 18.5 Å². The fraction of sp³-hybridized carbons (Fsp3) is 1.00. The van der Waals surface area contributed by atoms with E-state index in [0.29, 0.717) is 0 Å². The maximum atomic E-state index is 3.75. The quantitative estimate of drug-likeness (QED) is 0.789. The van der Waals surface area contributed by atoms with Crippen LogP contribution in [0.4, 0.5) is 0 Å². The zero-order valence-corrected chi connectivity index (χ0v) is 11.5. The van der Waals surface area contributed by atoms with Gasteiger partial charge >= 0.3 is 0 Å². The number of rotatable bonds is 2. The van der Waals surface area contributed by atoms with Gasteiger partial charge in [0.15, 0.2) is 0 Å². The minimum Gasteiger partial charge on any atom is -0.313 e. The SMILES string of the molecule is CN1CCCN(CC2CCCCCCN2)CC1. The van der Waals surface area contributed by atoms with Crippen LogP contribution in [-0.2, 0) is 0 Å². The summed E-state index contributed by atoms with van der Waals surface area (Å²) in [7, 11) is 2.25. The van der Waals surface area contributed by atoms with Gasteiger partial charge in [0.25, 0.3) is 0 Å². The summed E-state index contributed by atoms with van der Waals surface area (Å²) in [5, 5.41) is 3.75. The van der Waals surface area contributed by atoms with Crippen molar-refractivity contribution < 1.29 is 0 Å². The largest absolute Gasteiger partial charge is 0.313 e. The molecule has 0 spiro atoms. The predicted molar refractivity (Wildman–Crippen MR) is 73.4 cm³/mol. The number of nitrogens with zero attached hydrogens (tertiary/aromatic N) is 2. The lowest BCUT2D eigenvalue weighted by atomic mass is 10.0. The molecule has 2 rings (SSSR count). The summed E-state index contributed by atoms with van der Waals surface area (Å²) in [5.74, 6) is 0. The maximum Gasteiger partial charge on any atom is 0.0195 e. The van der Waals surface area contributed by atoms with Crippen LogP contribution in [0.3, 0.4) is 0 Å². The van der Waals surface area contributed by atoms with Crippen molar-refractivity contribution >= 4 is 0 Å². The molecule has 0 aromatic heterocycles. The molecular formula is C14H29N3. The maximum absolute atomic E-state index is 3.75. The molecule has 17 heavy (non-hydrogen) atoms. The molecule has 3 nitrogen and oxygen atoms in total. The number of likely N-dealkylation sites (N-methyl/N-ethyl adjacent to an activating group) is 1. The van der Waals surface area contributed by atoms with Crippen LogP contribution >= 0.6 is 0 Å². The molecule has 3 heteroatoms. The highest BCUT2D eigenvalue weighted by molar-refractivity contribution is 4.76. The Morgan fingerprint density at radius 1 is 0.941 bits per heavy atom. The molecule has 2 saturated heterocycles. The number of hydrogen-bond acceptors (Lipinski definition) is 3. The van der Waals surface area contributed by atoms with E-state index in [0.717, 1.165) is 6.04 Å². The molecule has 1 N–H and O–H groups in total. The summed E-state index contributed by atoms with van der Waals surface area (Å²) in [6, 6.07) is 0.749. The van der Waals surface area contributed by atoms with Crippen molar-refractivity contribution in [2.45, 2.75) is 44.6 Å². The Kier molecular flexibility index (Phi) is 5.75. The van der Waals surface area contributed by atoms with Crippen LogP contribution in [0.1, 0.15) is 38.5 Å². The molecule has 100 valence electrons. The third kappa shape index (κ3) is 4.94. The standard InChI is InChI=1S/C14H29N3/c1-16-9-6-10-17(12-11-16)13-14-7-4-2-3-5-8-15-14/h14-15H,2-13H2,1H3. The zero-order chi connectivity index (χ0) is 11.9. The van der Waals surface area contributed by atoms with Crippen LogP contribution in [0.25, 0.3) is 0 Å². The highest BCUT2D eigenvalue weighted by Crippen LogP contribution is 2.11. The van der Waals surface area contributed by atoms with Gasteiger partial charge in [0.05, 0.1) is 0 Å². The Morgan fingerprint density at radius 2 is 1.82 bits per heavy atom. The molecule has 2 aliphatic rings. The second kappa shape index (κ2) is 7.34. The Morgan fingerprint density at radius 3 is 2.76 bits per heavy atom. The summed E-state index contributed by atoms with van der Waals surface area (Å²) in [6.07, 6.45) is 8.38. The van der Waals surface area contributed by atoms with Gasteiger partial charge in [0, 0.05) is 25.7 Å². The van der Waals surface area contributed by atoms with Gasteiger partial charge in [-0.1, -0.05) is 19.3 Å². The van der Waals surface area contributed by atoms with E-state index < -0.39 is 0 Å². The molecule has 2 heterocycles. The number of hydrogen-bond donors (Lipinski definition) is 1. The van der Waals surface area contributed by atoms with Gasteiger partial charge < -0.3 is 15.1 Å². The fourth-order valence-corrected chi connectivity index (χ4v) is 3.03. The fourth-order valence-electron chi connectivity index (χ4n) is 3.03. The van der Waals surface area contributed by atoms with Crippen LogP contribution < -0.4 is 5.32 Å². The van der Waals surface area contributed by atoms with Crippen molar-refractivity contribution in [2.75, 3.05) is 46.3 Å². The second-order valence-corrected chi connectivity index (χ2v) is 5.81. The highest BCUT2D eigenvalue weighted by Gasteiger charge is 2.17. The molecule has 0 aromatic carbocycles. The Balaban J connectivity index is 1.73. The second-order valence-electron chi connectivity index (χ2n) is 5.81. The third-order valence-electron chi connectivity index (χ3n) is 4.20. The summed E-state index contributed by atoms with van der Waals surface area (Å²) < 4.78 is 0. The van der Waals surface area contributed by atoms with Crippen LogP contribution in [0, 0.1) is 0 Å². The molecule has 0 amide bonds. The Labute approximate surface area is 107 Å². The van der Waals surface area contributed by atoms with Crippen LogP contribution in [0.15, 0.2) is 0 Å². The molecule has 0 bridgehead atoms. The highest BCUT2D eigenvalue weighted by atomic mass is 15.2. The summed E-state index contributed by atoms with van der Waals surface area (Å²) in [5.41, 5.74) is 0. The average Bonchev–Trinajstić information content (AvgIpc) is 2.47. The first-order valence-electron chi connectivity index (χ1n) is 7.49. The Bertz CT molecular complexity index is 197. The molecule has 2 aliphatic heterocycles. The van der Waals surface area contributed by atoms with Crippen molar-refractivity contribution in [1.82, 2.24) is 15.1 Å². The van der Waals surface area contributed by atoms with Crippen LogP contribution in [0.5, 0.6) is 0 Å². The lowest BCUT2D eigenvalue weighted by molar-refractivity contribution is 0.234. The Hall–Kier alpha value is -0.120. The summed E-state index contributed by atoms with van der Waals surface area (Å²) >= 11 is 0. The molecule has 0 aromatic rings. The van der Waals surface area contributed by atoms with E-state index in [2.05, 4.69) is 22.2 Å². The van der Waals surface area contributed by atoms with Gasteiger partial charge in [-0.15, -0.1) is 0 Å². The van der Waals surface area contributed by atoms with E-state index >= 15 is 0 Å². The van der Waals surface area contributed by atoms with E-state index in [1.54, 1.807) is 0 Å². The van der Waals surface area contributed by atoms with E-state index in [1.165, 1.54) is 77.8 Å². The van der Waals surface area contributed by atoms with Crippen molar-refractivity contribution in [2.24, 2.45) is 0 Å². The monoisotopic (exact) mass is 239 g/mol. The summed E-state index contributed by atoms with van der Waals surface area (Å²) in [4.78, 5) is 5.13. The minimum atomic E-state index is 0.749. The minimum absolute atomic E-state index is 0.749. The molecule has 2 fully saturated rings. The van der Waals surface area contributed by atoms with Crippen molar-refractivity contribution in [3.63, 3.8) is 0 Å². The molecule has 1 unspecified atom stereocenters. The van der Waals surface area contributed by atoms with Crippen molar-refractivity contribution in [3.8, 4) is 0 Å². The van der Waals surface area contributed by atoms with Crippen LogP contribution in [0.2, 0.25) is 0 Å². The van der Waals surface area contributed by atoms with Gasteiger partial charge in [-0.3, -0.25) is 0 Å². The van der Waals surface area contributed by atoms with E-state index in [1.807, 2.05) is 0 Å². The lowest BCUT2D eigenvalue weighted by Gasteiger charge is -2.28. The first kappa shape index (κ1) is 13.3. The molecule has 1 atom stereocenters. The molecule has 0 saturated carbocycles. The van der Waals surface area contributed by atoms with E-state index in [-0.39, 0.29) is 0 Å². The van der Waals surface area contributed by atoms with Gasteiger partial charge in [-0.2, -0.15) is 0 Å². The molecule has 0 radical (unpaired) electrons. The zero-order valence-electron chi connectivity index (χ0n) is 11.5. The summed E-state index contributed by atoms with van der Waals surface area (Å²) in [6.45, 7) is 7.57. The smallest absolute Gasteiger partial charge is 0.0195 e. The normalized spacial score (nSPS) is 30.5. The molecule has 0 aliphatic carbocycles. The van der Waals surface area contributed by atoms with Gasteiger partial charge in [0.2, 0.25) is 0 Å². The van der Waals surface area contributed by atoms with Gasteiger partial charge in [0.1, 0.15) is 0 Å². The van der Waals surface area contributed by atoms with Gasteiger partial charge in [-0.05, 0) is 45.9 Å². The van der Waals surface area contributed by atoms with E-state index in [4.69, 9.17) is 0 Å². The van der Waals surface area contributed by atoms with Crippen molar-refractivity contribution in [3.05, 3.63) is 0 Å². The first-order valence-corrected chi connectivity index (χ1v) is 7.49. The average molecular weight is 239 g/mol. The van der Waals surface area contributed by atoms with Crippen LogP contribution in [-0.4, -0.2) is 62.2 Å². The van der Waals surface area contributed by atoms with Gasteiger partial charge in [-0.25, -0.2) is 0 Å².